The van der Waals surface area contributed by atoms with E-state index in [2.05, 4.69) is 25.1 Å². The summed E-state index contributed by atoms with van der Waals surface area (Å²) in [5.41, 5.74) is 0.437. The van der Waals surface area contributed by atoms with E-state index < -0.39 is 0 Å². The van der Waals surface area contributed by atoms with E-state index in [1.807, 2.05) is 0 Å². The normalized spacial score (nSPS) is 20.9. The van der Waals surface area contributed by atoms with Crippen LogP contribution in [0, 0.1) is 5.92 Å². The van der Waals surface area contributed by atoms with Gasteiger partial charge in [0.1, 0.15) is 12.2 Å². The zero-order valence-corrected chi connectivity index (χ0v) is 12.0. The Kier molecular flexibility index (Phi) is 4.27. The lowest BCUT2D eigenvalue weighted by Gasteiger charge is -2.16. The number of carbonyl (C=O) groups excluding carboxylic acids is 1. The second-order valence-corrected chi connectivity index (χ2v) is 5.36. The molecule has 1 fully saturated rings. The molecule has 2 N–H and O–H groups in total. The van der Waals surface area contributed by atoms with Gasteiger partial charge in [-0.15, -0.1) is 0 Å². The number of nitrogens with one attached hydrogen (secondary N) is 2. The summed E-state index contributed by atoms with van der Waals surface area (Å²) < 4.78 is 5.37. The number of nitrogens with zero attached hydrogens (tertiary/aromatic N) is 3. The van der Waals surface area contributed by atoms with Crippen molar-refractivity contribution < 1.29 is 9.53 Å². The van der Waals surface area contributed by atoms with E-state index in [0.717, 1.165) is 30.7 Å². The highest BCUT2D eigenvalue weighted by Crippen LogP contribution is 2.38. The van der Waals surface area contributed by atoms with Crippen LogP contribution in [0.15, 0.2) is 23.5 Å². The SMILES string of the molecule is O=C(OCCc1cnc(=O)[nH]c1)[C@@H]1CCC[C@@H]1c1ncn[nH]1. The average molecular weight is 303 g/mol. The highest BCUT2D eigenvalue weighted by atomic mass is 16.5. The van der Waals surface area contributed by atoms with Gasteiger partial charge in [-0.05, 0) is 18.4 Å². The molecule has 8 nitrogen and oxygen atoms in total. The predicted octanol–water partition coefficient (Wildman–Crippen LogP) is 0.558. The van der Waals surface area contributed by atoms with Gasteiger partial charge in [-0.1, -0.05) is 6.42 Å². The maximum atomic E-state index is 12.2. The maximum absolute atomic E-state index is 12.2. The fourth-order valence-corrected chi connectivity index (χ4v) is 2.85. The first-order valence-electron chi connectivity index (χ1n) is 7.29. The lowest BCUT2D eigenvalue weighted by Crippen LogP contribution is -2.22. The minimum Gasteiger partial charge on any atom is -0.465 e. The first-order chi connectivity index (χ1) is 10.7. The van der Waals surface area contributed by atoms with Crippen LogP contribution in [0.25, 0.3) is 0 Å². The van der Waals surface area contributed by atoms with Gasteiger partial charge in [0.05, 0.1) is 12.5 Å². The molecule has 0 unspecified atom stereocenters. The Morgan fingerprint density at radius 2 is 2.27 bits per heavy atom. The van der Waals surface area contributed by atoms with Gasteiger partial charge in [-0.3, -0.25) is 9.89 Å². The summed E-state index contributed by atoms with van der Waals surface area (Å²) in [7, 11) is 0. The van der Waals surface area contributed by atoms with Crippen molar-refractivity contribution in [1.29, 1.82) is 0 Å². The van der Waals surface area contributed by atoms with Crippen molar-refractivity contribution >= 4 is 5.97 Å². The minimum atomic E-state index is -0.387. The molecule has 2 aromatic heterocycles. The van der Waals surface area contributed by atoms with Crippen molar-refractivity contribution in [1.82, 2.24) is 25.1 Å². The molecule has 22 heavy (non-hydrogen) atoms. The smallest absolute Gasteiger partial charge is 0.344 e. The fourth-order valence-electron chi connectivity index (χ4n) is 2.85. The second kappa shape index (κ2) is 6.50. The van der Waals surface area contributed by atoms with Gasteiger partial charge >= 0.3 is 11.7 Å². The molecule has 0 aromatic carbocycles. The van der Waals surface area contributed by atoms with Crippen LogP contribution >= 0.6 is 0 Å². The first-order valence-corrected chi connectivity index (χ1v) is 7.29. The molecule has 0 spiro atoms. The lowest BCUT2D eigenvalue weighted by atomic mass is 9.95. The summed E-state index contributed by atoms with van der Waals surface area (Å²) in [4.78, 5) is 33.4. The zero-order valence-electron chi connectivity index (χ0n) is 12.0. The molecular weight excluding hydrogens is 286 g/mol. The lowest BCUT2D eigenvalue weighted by molar-refractivity contribution is -0.148. The number of H-pyrrole nitrogens is 2. The minimum absolute atomic E-state index is 0.0600. The molecule has 2 atom stereocenters. The molecular formula is C14H17N5O3. The fraction of sp³-hybridized carbons (Fsp3) is 0.500. The third-order valence-electron chi connectivity index (χ3n) is 3.97. The van der Waals surface area contributed by atoms with Crippen molar-refractivity contribution in [2.45, 2.75) is 31.6 Å². The van der Waals surface area contributed by atoms with Gasteiger partial charge in [-0.2, -0.15) is 5.10 Å². The van der Waals surface area contributed by atoms with E-state index in [0.29, 0.717) is 6.42 Å². The molecule has 2 aromatic rings. The molecule has 0 aliphatic heterocycles. The molecule has 1 aliphatic carbocycles. The number of ether oxygens (including phenoxy) is 1. The van der Waals surface area contributed by atoms with E-state index in [9.17, 15) is 9.59 Å². The van der Waals surface area contributed by atoms with E-state index in [-0.39, 0.29) is 30.1 Å². The van der Waals surface area contributed by atoms with Crippen molar-refractivity contribution in [2.24, 2.45) is 5.92 Å². The van der Waals surface area contributed by atoms with Gasteiger partial charge in [0.2, 0.25) is 0 Å². The molecule has 0 bridgehead atoms. The largest absolute Gasteiger partial charge is 0.465 e. The standard InChI is InChI=1S/C14H17N5O3/c20-13(22-5-4-9-6-15-14(21)16-7-9)11-3-1-2-10(11)12-17-8-18-19-12/h6-8,10-11H,1-5H2,(H,15,16,21)(H,17,18,19)/t10-,11+/m0/s1. The van der Waals surface area contributed by atoms with E-state index in [1.54, 1.807) is 6.20 Å². The molecule has 0 radical (unpaired) electrons. The van der Waals surface area contributed by atoms with Crippen LogP contribution in [-0.2, 0) is 16.0 Å². The zero-order chi connectivity index (χ0) is 15.4. The number of esters is 1. The number of aromatic nitrogens is 5. The number of hydrogen-bond acceptors (Lipinski definition) is 6. The summed E-state index contributed by atoms with van der Waals surface area (Å²) >= 11 is 0. The van der Waals surface area contributed by atoms with Crippen molar-refractivity contribution in [2.75, 3.05) is 6.61 Å². The number of rotatable bonds is 5. The topological polar surface area (TPSA) is 114 Å². The summed E-state index contributed by atoms with van der Waals surface area (Å²) in [6.45, 7) is 0.270. The van der Waals surface area contributed by atoms with Crippen LogP contribution in [-0.4, -0.2) is 37.7 Å². The Labute approximate surface area is 126 Å². The van der Waals surface area contributed by atoms with Crippen molar-refractivity contribution in [3.63, 3.8) is 0 Å². The van der Waals surface area contributed by atoms with Crippen LogP contribution in [0.4, 0.5) is 0 Å². The van der Waals surface area contributed by atoms with Gasteiger partial charge < -0.3 is 9.72 Å². The third-order valence-corrected chi connectivity index (χ3v) is 3.97. The quantitative estimate of drug-likeness (QED) is 0.780. The van der Waals surface area contributed by atoms with Crippen LogP contribution in [0.1, 0.15) is 36.6 Å². The Morgan fingerprint density at radius 3 is 3.00 bits per heavy atom. The van der Waals surface area contributed by atoms with E-state index in [1.165, 1.54) is 12.5 Å². The Morgan fingerprint density at radius 1 is 1.36 bits per heavy atom. The van der Waals surface area contributed by atoms with Crippen molar-refractivity contribution in [3.8, 4) is 0 Å². The van der Waals surface area contributed by atoms with Gasteiger partial charge in [0.15, 0.2) is 0 Å². The molecule has 116 valence electrons. The monoisotopic (exact) mass is 303 g/mol. The second-order valence-electron chi connectivity index (χ2n) is 5.36. The maximum Gasteiger partial charge on any atom is 0.344 e. The van der Waals surface area contributed by atoms with Crippen LogP contribution < -0.4 is 5.69 Å². The molecule has 1 aliphatic rings. The summed E-state index contributed by atoms with van der Waals surface area (Å²) in [5, 5.41) is 6.69. The number of aromatic amines is 2. The molecule has 0 saturated heterocycles. The third kappa shape index (κ3) is 3.21. The van der Waals surface area contributed by atoms with Gasteiger partial charge in [-0.25, -0.2) is 14.8 Å². The van der Waals surface area contributed by atoms with Gasteiger partial charge in [0.25, 0.3) is 0 Å². The average Bonchev–Trinajstić information content (AvgIpc) is 3.19. The Bertz CT molecular complexity index is 662. The summed E-state index contributed by atoms with van der Waals surface area (Å²) in [6.07, 6.45) is 7.75. The predicted molar refractivity (Wildman–Crippen MR) is 76.0 cm³/mol. The molecule has 3 rings (SSSR count). The highest BCUT2D eigenvalue weighted by Gasteiger charge is 2.36. The van der Waals surface area contributed by atoms with Crippen LogP contribution in [0.3, 0.4) is 0 Å². The van der Waals surface area contributed by atoms with E-state index in [4.69, 9.17) is 4.74 Å². The summed E-state index contributed by atoms with van der Waals surface area (Å²) in [6, 6.07) is 0. The number of hydrogen-bond donors (Lipinski definition) is 2. The Hall–Kier alpha value is -2.51. The Balaban J connectivity index is 1.53. The summed E-state index contributed by atoms with van der Waals surface area (Å²) in [5.74, 6) is 0.451. The van der Waals surface area contributed by atoms with Crippen LogP contribution in [0.2, 0.25) is 0 Å². The van der Waals surface area contributed by atoms with Crippen LogP contribution in [0.5, 0.6) is 0 Å². The van der Waals surface area contributed by atoms with Gasteiger partial charge in [0, 0.05) is 24.7 Å². The van der Waals surface area contributed by atoms with E-state index >= 15 is 0 Å². The molecule has 2 heterocycles. The molecule has 1 saturated carbocycles. The van der Waals surface area contributed by atoms with Crippen molar-refractivity contribution in [3.05, 3.63) is 40.6 Å². The molecule has 8 heteroatoms. The molecule has 0 amide bonds. The number of carbonyl (C=O) groups is 1. The highest BCUT2D eigenvalue weighted by molar-refractivity contribution is 5.74. The first kappa shape index (κ1) is 14.4.